The number of nitrogens with one attached hydrogen (secondary N) is 2. The fourth-order valence-corrected chi connectivity index (χ4v) is 2.70. The van der Waals surface area contributed by atoms with Gasteiger partial charge in [-0.05, 0) is 30.4 Å². The maximum Gasteiger partial charge on any atom is 0.191 e. The molecule has 0 atom stereocenters. The molecule has 2 N–H and O–H groups in total. The van der Waals surface area contributed by atoms with E-state index in [1.54, 1.807) is 11.3 Å². The molecule has 2 aromatic heterocycles. The molecule has 5 nitrogen and oxygen atoms in total. The summed E-state index contributed by atoms with van der Waals surface area (Å²) in [6, 6.07) is 4.24. The van der Waals surface area contributed by atoms with E-state index < -0.39 is 0 Å². The summed E-state index contributed by atoms with van der Waals surface area (Å²) in [4.78, 5) is 5.98. The summed E-state index contributed by atoms with van der Waals surface area (Å²) in [7, 11) is 1.94. The lowest BCUT2D eigenvalue weighted by atomic mass is 10.2. The Bertz CT molecular complexity index is 550. The first-order valence-corrected chi connectivity index (χ1v) is 8.18. The molecule has 0 radical (unpaired) electrons. The van der Waals surface area contributed by atoms with Gasteiger partial charge in [0.25, 0.3) is 0 Å². The van der Waals surface area contributed by atoms with Crippen molar-refractivity contribution in [3.63, 3.8) is 0 Å². The van der Waals surface area contributed by atoms with Gasteiger partial charge >= 0.3 is 0 Å². The van der Waals surface area contributed by atoms with E-state index in [2.05, 4.69) is 45.2 Å². The van der Waals surface area contributed by atoms with E-state index in [4.69, 9.17) is 0 Å². The number of aliphatic imine (C=N–C) groups is 1. The van der Waals surface area contributed by atoms with Gasteiger partial charge in [-0.1, -0.05) is 6.07 Å². The molecule has 2 rings (SSSR count). The molecule has 0 bridgehead atoms. The third kappa shape index (κ3) is 6.78. The molecule has 2 aromatic rings. The molecule has 0 unspecified atom stereocenters. The Morgan fingerprint density at radius 2 is 2.23 bits per heavy atom. The standard InChI is InChI=1S/C15H23N5S.HI/c1-3-16-15(18-9-7-14-5-4-10-21-14)17-8-6-13-11-19-20(2)12-13;/h4-5,10-12H,3,6-9H2,1-2H3,(H2,16,17,18);1H. The van der Waals surface area contributed by atoms with Gasteiger partial charge in [-0.3, -0.25) is 9.67 Å². The molecule has 2 heterocycles. The number of rotatable bonds is 7. The van der Waals surface area contributed by atoms with Crippen LogP contribution < -0.4 is 10.6 Å². The topological polar surface area (TPSA) is 54.2 Å². The lowest BCUT2D eigenvalue weighted by Gasteiger charge is -2.10. The monoisotopic (exact) mass is 433 g/mol. The van der Waals surface area contributed by atoms with Gasteiger partial charge in [0.05, 0.1) is 6.20 Å². The number of hydrogen-bond donors (Lipinski definition) is 2. The minimum absolute atomic E-state index is 0. The average molecular weight is 433 g/mol. The molecule has 0 fully saturated rings. The van der Waals surface area contributed by atoms with Crippen molar-refractivity contribution in [2.24, 2.45) is 12.0 Å². The highest BCUT2D eigenvalue weighted by atomic mass is 127. The van der Waals surface area contributed by atoms with Gasteiger partial charge in [0.15, 0.2) is 5.96 Å². The Morgan fingerprint density at radius 1 is 1.36 bits per heavy atom. The van der Waals surface area contributed by atoms with Crippen LogP contribution in [-0.2, 0) is 19.9 Å². The number of guanidine groups is 1. The van der Waals surface area contributed by atoms with Crippen LogP contribution in [0.1, 0.15) is 17.4 Å². The van der Waals surface area contributed by atoms with Crippen molar-refractivity contribution in [3.8, 4) is 0 Å². The van der Waals surface area contributed by atoms with Gasteiger partial charge < -0.3 is 10.6 Å². The van der Waals surface area contributed by atoms with Crippen LogP contribution in [0.2, 0.25) is 0 Å². The van der Waals surface area contributed by atoms with Crippen molar-refractivity contribution in [3.05, 3.63) is 40.3 Å². The number of nitrogens with zero attached hydrogens (tertiary/aromatic N) is 3. The number of aromatic nitrogens is 2. The van der Waals surface area contributed by atoms with Crippen LogP contribution in [0.3, 0.4) is 0 Å². The molecule has 0 aliphatic rings. The van der Waals surface area contributed by atoms with E-state index in [1.807, 2.05) is 24.1 Å². The molecule has 0 aliphatic heterocycles. The summed E-state index contributed by atoms with van der Waals surface area (Å²) in [5.74, 6) is 0.887. The predicted molar refractivity (Wildman–Crippen MR) is 104 cm³/mol. The zero-order chi connectivity index (χ0) is 14.9. The zero-order valence-electron chi connectivity index (χ0n) is 13.1. The van der Waals surface area contributed by atoms with Gasteiger partial charge in [-0.25, -0.2) is 0 Å². The molecular formula is C15H24IN5S. The average Bonchev–Trinajstić information content (AvgIpc) is 3.11. The summed E-state index contributed by atoms with van der Waals surface area (Å²) < 4.78 is 1.83. The number of halogens is 1. The van der Waals surface area contributed by atoms with E-state index in [9.17, 15) is 0 Å². The molecule has 0 aliphatic carbocycles. The van der Waals surface area contributed by atoms with Gasteiger partial charge in [0.2, 0.25) is 0 Å². The quantitative estimate of drug-likeness (QED) is 0.401. The summed E-state index contributed by atoms with van der Waals surface area (Å²) in [5, 5.41) is 12.9. The number of aryl methyl sites for hydroxylation is 1. The van der Waals surface area contributed by atoms with Crippen molar-refractivity contribution < 1.29 is 0 Å². The summed E-state index contributed by atoms with van der Waals surface area (Å²) in [6.45, 7) is 4.62. The highest BCUT2D eigenvalue weighted by molar-refractivity contribution is 14.0. The number of hydrogen-bond acceptors (Lipinski definition) is 3. The molecule has 122 valence electrons. The Morgan fingerprint density at radius 3 is 2.86 bits per heavy atom. The molecule has 0 aromatic carbocycles. The predicted octanol–water partition coefficient (Wildman–Crippen LogP) is 2.44. The minimum atomic E-state index is 0. The summed E-state index contributed by atoms with van der Waals surface area (Å²) in [5.41, 5.74) is 1.24. The molecule has 0 spiro atoms. The van der Waals surface area contributed by atoms with Crippen molar-refractivity contribution in [2.75, 3.05) is 19.6 Å². The SMILES string of the molecule is CCNC(=NCCc1cccs1)NCCc1cnn(C)c1.I. The second kappa shape index (κ2) is 10.6. The Kier molecular flexibility index (Phi) is 9.14. The van der Waals surface area contributed by atoms with Crippen LogP contribution in [-0.4, -0.2) is 35.4 Å². The second-order valence-corrected chi connectivity index (χ2v) is 5.82. The largest absolute Gasteiger partial charge is 0.357 e. The number of thiophene rings is 1. The van der Waals surface area contributed by atoms with Crippen molar-refractivity contribution in [2.45, 2.75) is 19.8 Å². The van der Waals surface area contributed by atoms with E-state index in [0.29, 0.717) is 0 Å². The zero-order valence-corrected chi connectivity index (χ0v) is 16.2. The van der Waals surface area contributed by atoms with Gasteiger partial charge in [-0.15, -0.1) is 35.3 Å². The van der Waals surface area contributed by atoms with E-state index in [1.165, 1.54) is 10.4 Å². The molecule has 0 saturated heterocycles. The Labute approximate surface area is 153 Å². The first kappa shape index (κ1) is 19.0. The fraction of sp³-hybridized carbons (Fsp3) is 0.467. The van der Waals surface area contributed by atoms with Crippen LogP contribution in [0.15, 0.2) is 34.9 Å². The summed E-state index contributed by atoms with van der Waals surface area (Å²) in [6.07, 6.45) is 5.89. The van der Waals surface area contributed by atoms with Gasteiger partial charge in [0.1, 0.15) is 0 Å². The maximum absolute atomic E-state index is 4.60. The first-order chi connectivity index (χ1) is 10.3. The summed E-state index contributed by atoms with van der Waals surface area (Å²) >= 11 is 1.79. The second-order valence-electron chi connectivity index (χ2n) is 4.79. The lowest BCUT2D eigenvalue weighted by molar-refractivity contribution is 0.765. The van der Waals surface area contributed by atoms with Gasteiger partial charge in [0, 0.05) is 44.2 Å². The van der Waals surface area contributed by atoms with Crippen LogP contribution in [0.25, 0.3) is 0 Å². The first-order valence-electron chi connectivity index (χ1n) is 7.30. The molecule has 22 heavy (non-hydrogen) atoms. The van der Waals surface area contributed by atoms with Crippen molar-refractivity contribution in [1.82, 2.24) is 20.4 Å². The van der Waals surface area contributed by atoms with E-state index in [-0.39, 0.29) is 24.0 Å². The highest BCUT2D eigenvalue weighted by Gasteiger charge is 2.00. The van der Waals surface area contributed by atoms with Crippen molar-refractivity contribution >= 4 is 41.3 Å². The highest BCUT2D eigenvalue weighted by Crippen LogP contribution is 2.08. The Hall–Kier alpha value is -1.09. The maximum atomic E-state index is 4.60. The smallest absolute Gasteiger partial charge is 0.191 e. The molecule has 0 saturated carbocycles. The molecule has 0 amide bonds. The van der Waals surface area contributed by atoms with Gasteiger partial charge in [-0.2, -0.15) is 5.10 Å². The van der Waals surface area contributed by atoms with Crippen LogP contribution >= 0.6 is 35.3 Å². The van der Waals surface area contributed by atoms with E-state index >= 15 is 0 Å². The Balaban J connectivity index is 0.00000242. The van der Waals surface area contributed by atoms with Crippen LogP contribution in [0.5, 0.6) is 0 Å². The molecular weight excluding hydrogens is 409 g/mol. The lowest BCUT2D eigenvalue weighted by Crippen LogP contribution is -2.38. The van der Waals surface area contributed by atoms with E-state index in [0.717, 1.165) is 38.4 Å². The third-order valence-electron chi connectivity index (χ3n) is 3.02. The minimum Gasteiger partial charge on any atom is -0.357 e. The van der Waals surface area contributed by atoms with Crippen LogP contribution in [0, 0.1) is 0 Å². The normalized spacial score (nSPS) is 11.1. The third-order valence-corrected chi connectivity index (χ3v) is 3.95. The van der Waals surface area contributed by atoms with Crippen LogP contribution in [0.4, 0.5) is 0 Å². The van der Waals surface area contributed by atoms with Crippen molar-refractivity contribution in [1.29, 1.82) is 0 Å². The molecule has 7 heteroatoms. The fourth-order valence-electron chi connectivity index (χ4n) is 2.00.